The zero-order chi connectivity index (χ0) is 26.2. The molecule has 1 aromatic heterocycles. The number of rotatable bonds is 14. The second-order valence-corrected chi connectivity index (χ2v) is 12.4. The molecule has 2 heterocycles. The summed E-state index contributed by atoms with van der Waals surface area (Å²) in [6.07, 6.45) is 13.1. The number of nitrogen functional groups attached to an aromatic ring is 1. The summed E-state index contributed by atoms with van der Waals surface area (Å²) in [5.41, 5.74) is 6.14. The maximum atomic E-state index is 9.07. The van der Waals surface area contributed by atoms with E-state index in [2.05, 4.69) is 30.7 Å². The Bertz CT molecular complexity index is 840. The Morgan fingerprint density at radius 1 is 0.895 bits per heavy atom. The number of piperazine rings is 1. The predicted octanol–water partition coefficient (Wildman–Crippen LogP) is 2.54. The summed E-state index contributed by atoms with van der Waals surface area (Å²) in [5, 5.41) is 20.1. The van der Waals surface area contributed by atoms with Crippen molar-refractivity contribution in [3.63, 3.8) is 0 Å². The standard InChI is InChI=1S/C29H52N8O/c30-27-19-28(37-14-12-36(13-15-37)11-2-16-38)35-29(34-27)33-21-23-5-3-22(4-6-23)20-31-9-1-10-32-26-18-24-7-8-25(26)17-24/h19,22-26,31-32,38H,1-18,20-21H2,(H3,30,33,34,35). The molecule has 0 radical (unpaired) electrons. The van der Waals surface area contributed by atoms with E-state index in [1.807, 2.05) is 6.07 Å². The highest BCUT2D eigenvalue weighted by molar-refractivity contribution is 5.51. The summed E-state index contributed by atoms with van der Waals surface area (Å²) >= 11 is 0. The van der Waals surface area contributed by atoms with Gasteiger partial charge in [0.1, 0.15) is 11.6 Å². The van der Waals surface area contributed by atoms with E-state index in [0.717, 1.165) is 81.8 Å². The lowest BCUT2D eigenvalue weighted by molar-refractivity contribution is 0.215. The highest BCUT2D eigenvalue weighted by atomic mass is 16.3. The summed E-state index contributed by atoms with van der Waals surface area (Å²) < 4.78 is 0. The van der Waals surface area contributed by atoms with E-state index in [1.54, 1.807) is 0 Å². The Balaban J connectivity index is 0.939. The fraction of sp³-hybridized carbons (Fsp3) is 0.862. The van der Waals surface area contributed by atoms with Gasteiger partial charge in [-0.25, -0.2) is 0 Å². The first-order chi connectivity index (χ1) is 18.7. The summed E-state index contributed by atoms with van der Waals surface area (Å²) in [7, 11) is 0. The van der Waals surface area contributed by atoms with E-state index in [-0.39, 0.29) is 6.61 Å². The maximum absolute atomic E-state index is 9.07. The van der Waals surface area contributed by atoms with Crippen LogP contribution in [-0.2, 0) is 0 Å². The van der Waals surface area contributed by atoms with Gasteiger partial charge >= 0.3 is 0 Å². The first kappa shape index (κ1) is 27.9. The lowest BCUT2D eigenvalue weighted by Gasteiger charge is -2.35. The van der Waals surface area contributed by atoms with Gasteiger partial charge in [0.25, 0.3) is 0 Å². The van der Waals surface area contributed by atoms with Crippen LogP contribution < -0.4 is 26.6 Å². The van der Waals surface area contributed by atoms with Gasteiger partial charge in [-0.2, -0.15) is 9.97 Å². The van der Waals surface area contributed by atoms with E-state index >= 15 is 0 Å². The molecule has 4 aliphatic rings. The molecule has 0 spiro atoms. The topological polar surface area (TPSA) is 115 Å². The largest absolute Gasteiger partial charge is 0.396 e. The minimum Gasteiger partial charge on any atom is -0.396 e. The number of nitrogens with zero attached hydrogens (tertiary/aromatic N) is 4. The van der Waals surface area contributed by atoms with Gasteiger partial charge in [-0.15, -0.1) is 0 Å². The molecule has 4 fully saturated rings. The Hall–Kier alpha value is -1.68. The van der Waals surface area contributed by atoms with Crippen LogP contribution in [0.25, 0.3) is 0 Å². The van der Waals surface area contributed by atoms with Crippen LogP contribution in [0.15, 0.2) is 6.07 Å². The zero-order valence-corrected chi connectivity index (χ0v) is 23.4. The van der Waals surface area contributed by atoms with Crippen LogP contribution in [0.4, 0.5) is 17.6 Å². The van der Waals surface area contributed by atoms with Crippen molar-refractivity contribution < 1.29 is 5.11 Å². The van der Waals surface area contributed by atoms with E-state index in [0.29, 0.717) is 17.7 Å². The van der Waals surface area contributed by atoms with Crippen LogP contribution >= 0.6 is 0 Å². The van der Waals surface area contributed by atoms with E-state index in [4.69, 9.17) is 15.8 Å². The molecule has 9 heteroatoms. The number of hydrogen-bond donors (Lipinski definition) is 5. The lowest BCUT2D eigenvalue weighted by Crippen LogP contribution is -2.47. The van der Waals surface area contributed by atoms with E-state index < -0.39 is 0 Å². The van der Waals surface area contributed by atoms with Gasteiger partial charge < -0.3 is 31.7 Å². The molecule has 38 heavy (non-hydrogen) atoms. The van der Waals surface area contributed by atoms with Gasteiger partial charge in [0, 0.05) is 58.0 Å². The fourth-order valence-electron chi connectivity index (χ4n) is 7.37. The highest BCUT2D eigenvalue weighted by Crippen LogP contribution is 2.44. The molecule has 9 nitrogen and oxygen atoms in total. The lowest BCUT2D eigenvalue weighted by atomic mass is 9.82. The molecule has 0 aromatic carbocycles. The van der Waals surface area contributed by atoms with Gasteiger partial charge in [0.15, 0.2) is 0 Å². The second-order valence-electron chi connectivity index (χ2n) is 12.4. The Morgan fingerprint density at radius 2 is 1.68 bits per heavy atom. The van der Waals surface area contributed by atoms with Crippen LogP contribution in [0.5, 0.6) is 0 Å². The van der Waals surface area contributed by atoms with Crippen molar-refractivity contribution in [2.45, 2.75) is 70.3 Å². The number of anilines is 3. The minimum atomic E-state index is 0.259. The maximum Gasteiger partial charge on any atom is 0.226 e. The molecule has 3 atom stereocenters. The fourth-order valence-corrected chi connectivity index (χ4v) is 7.37. The normalized spacial score (nSPS) is 29.7. The third kappa shape index (κ3) is 7.93. The van der Waals surface area contributed by atoms with Crippen molar-refractivity contribution in [2.24, 2.45) is 23.7 Å². The number of aromatic nitrogens is 2. The molecule has 2 bridgehead atoms. The third-order valence-corrected chi connectivity index (χ3v) is 9.68. The molecule has 0 amide bonds. The first-order valence-corrected chi connectivity index (χ1v) is 15.6. The average molecular weight is 529 g/mol. The molecular weight excluding hydrogens is 476 g/mol. The molecule has 3 aliphatic carbocycles. The first-order valence-electron chi connectivity index (χ1n) is 15.6. The molecule has 1 aromatic rings. The predicted molar refractivity (Wildman–Crippen MR) is 155 cm³/mol. The van der Waals surface area contributed by atoms with Crippen LogP contribution in [-0.4, -0.2) is 91.5 Å². The van der Waals surface area contributed by atoms with Crippen LogP contribution in [0.1, 0.15) is 64.2 Å². The SMILES string of the molecule is Nc1cc(N2CCN(CCCO)CC2)nc(NCC2CCC(CNCCCNC3CC4CCC3C4)CC2)n1. The van der Waals surface area contributed by atoms with Gasteiger partial charge in [-0.3, -0.25) is 4.90 Å². The van der Waals surface area contributed by atoms with Crippen molar-refractivity contribution in [3.05, 3.63) is 6.07 Å². The summed E-state index contributed by atoms with van der Waals surface area (Å²) in [4.78, 5) is 14.0. The summed E-state index contributed by atoms with van der Waals surface area (Å²) in [5.74, 6) is 5.62. The molecule has 3 saturated carbocycles. The van der Waals surface area contributed by atoms with Crippen LogP contribution in [0, 0.1) is 23.7 Å². The monoisotopic (exact) mass is 528 g/mol. The van der Waals surface area contributed by atoms with Crippen molar-refractivity contribution in [2.75, 3.05) is 81.5 Å². The molecule has 6 N–H and O–H groups in total. The molecule has 5 rings (SSSR count). The van der Waals surface area contributed by atoms with Gasteiger partial charge in [0.05, 0.1) is 0 Å². The second kappa shape index (κ2) is 14.1. The van der Waals surface area contributed by atoms with Gasteiger partial charge in [0.2, 0.25) is 5.95 Å². The smallest absolute Gasteiger partial charge is 0.226 e. The van der Waals surface area contributed by atoms with Crippen molar-refractivity contribution in [3.8, 4) is 0 Å². The molecule has 3 unspecified atom stereocenters. The third-order valence-electron chi connectivity index (χ3n) is 9.68. The molecule has 1 aliphatic heterocycles. The number of aliphatic hydroxyl groups excluding tert-OH is 1. The van der Waals surface area contributed by atoms with Crippen molar-refractivity contribution in [1.82, 2.24) is 25.5 Å². The average Bonchev–Trinajstić information content (AvgIpc) is 3.57. The number of aliphatic hydroxyl groups is 1. The molecule has 214 valence electrons. The number of nitrogens with two attached hydrogens (primary N) is 1. The molecular formula is C29H52N8O. The Morgan fingerprint density at radius 3 is 2.39 bits per heavy atom. The van der Waals surface area contributed by atoms with E-state index in [1.165, 1.54) is 70.9 Å². The van der Waals surface area contributed by atoms with Gasteiger partial charge in [-0.1, -0.05) is 6.42 Å². The highest BCUT2D eigenvalue weighted by Gasteiger charge is 2.38. The van der Waals surface area contributed by atoms with Crippen molar-refractivity contribution >= 4 is 17.6 Å². The quantitative estimate of drug-likeness (QED) is 0.232. The summed E-state index contributed by atoms with van der Waals surface area (Å²) in [6.45, 7) is 9.46. The Labute approximate surface area is 229 Å². The van der Waals surface area contributed by atoms with Gasteiger partial charge in [-0.05, 0) is 101 Å². The zero-order valence-electron chi connectivity index (χ0n) is 23.4. The minimum absolute atomic E-state index is 0.259. The number of nitrogens with one attached hydrogen (secondary N) is 3. The van der Waals surface area contributed by atoms with Crippen LogP contribution in [0.3, 0.4) is 0 Å². The Kier molecular flexibility index (Phi) is 10.3. The molecule has 1 saturated heterocycles. The summed E-state index contributed by atoms with van der Waals surface area (Å²) in [6, 6.07) is 2.71. The number of fused-ring (bicyclic) bond motifs is 2. The van der Waals surface area contributed by atoms with Crippen LogP contribution in [0.2, 0.25) is 0 Å². The van der Waals surface area contributed by atoms with E-state index in [9.17, 15) is 0 Å². The number of hydrogen-bond acceptors (Lipinski definition) is 9. The van der Waals surface area contributed by atoms with Crippen molar-refractivity contribution in [1.29, 1.82) is 0 Å².